The van der Waals surface area contributed by atoms with Crippen molar-refractivity contribution >= 4 is 38.9 Å². The molecule has 0 aliphatic carbocycles. The van der Waals surface area contributed by atoms with E-state index in [1.54, 1.807) is 11.0 Å². The molecule has 0 unspecified atom stereocenters. The number of hydrogen-bond acceptors (Lipinski definition) is 6. The van der Waals surface area contributed by atoms with Crippen molar-refractivity contribution in [2.45, 2.75) is 4.90 Å². The van der Waals surface area contributed by atoms with Crippen LogP contribution in [0.4, 0.5) is 15.8 Å². The molecule has 1 amide bonds. The van der Waals surface area contributed by atoms with E-state index in [0.29, 0.717) is 55.9 Å². The lowest BCUT2D eigenvalue weighted by molar-refractivity contribution is -0.129. The van der Waals surface area contributed by atoms with E-state index in [4.69, 9.17) is 21.1 Å². The smallest absolute Gasteiger partial charge is 0.264 e. The minimum absolute atomic E-state index is 0.0559. The molecule has 11 heteroatoms. The second-order valence-electron chi connectivity index (χ2n) is 8.64. The quantitative estimate of drug-likeness (QED) is 0.469. The van der Waals surface area contributed by atoms with Gasteiger partial charge in [0.2, 0.25) is 5.91 Å². The van der Waals surface area contributed by atoms with Crippen LogP contribution in [0.1, 0.15) is 0 Å². The van der Waals surface area contributed by atoms with Gasteiger partial charge in [0.05, 0.1) is 10.6 Å². The number of nitrogens with zero attached hydrogens (tertiary/aromatic N) is 3. The molecule has 194 valence electrons. The number of amides is 1. The van der Waals surface area contributed by atoms with Gasteiger partial charge in [0.15, 0.2) is 11.5 Å². The SMILES string of the molecule is O=C(CN(c1ccc(F)cc1)S(=O)(=O)c1ccc2c(c1)OCCO2)N1CCN(c2cccc(Cl)c2)CC1. The van der Waals surface area contributed by atoms with Crippen molar-refractivity contribution in [1.82, 2.24) is 4.90 Å². The van der Waals surface area contributed by atoms with E-state index in [1.165, 1.54) is 30.3 Å². The number of anilines is 2. The summed E-state index contributed by atoms with van der Waals surface area (Å²) in [4.78, 5) is 17.0. The fraction of sp³-hybridized carbons (Fsp3) is 0.269. The van der Waals surface area contributed by atoms with Gasteiger partial charge in [-0.2, -0.15) is 0 Å². The average Bonchev–Trinajstić information content (AvgIpc) is 2.92. The number of halogens is 2. The van der Waals surface area contributed by atoms with E-state index in [0.717, 1.165) is 22.1 Å². The number of sulfonamides is 1. The van der Waals surface area contributed by atoms with Gasteiger partial charge >= 0.3 is 0 Å². The molecular weight excluding hydrogens is 521 g/mol. The zero-order valence-electron chi connectivity index (χ0n) is 19.8. The highest BCUT2D eigenvalue weighted by molar-refractivity contribution is 7.92. The second kappa shape index (κ2) is 10.5. The summed E-state index contributed by atoms with van der Waals surface area (Å²) in [5, 5.41) is 0.635. The molecule has 0 saturated carbocycles. The fourth-order valence-corrected chi connectivity index (χ4v) is 5.96. The summed E-state index contributed by atoms with van der Waals surface area (Å²) in [6, 6.07) is 16.8. The van der Waals surface area contributed by atoms with Gasteiger partial charge in [-0.05, 0) is 54.6 Å². The van der Waals surface area contributed by atoms with Crippen molar-refractivity contribution in [3.8, 4) is 11.5 Å². The minimum Gasteiger partial charge on any atom is -0.486 e. The van der Waals surface area contributed by atoms with Crippen molar-refractivity contribution in [3.63, 3.8) is 0 Å². The number of hydrogen-bond donors (Lipinski definition) is 0. The summed E-state index contributed by atoms with van der Waals surface area (Å²) >= 11 is 6.11. The van der Waals surface area contributed by atoms with Gasteiger partial charge in [-0.1, -0.05) is 17.7 Å². The lowest BCUT2D eigenvalue weighted by Crippen LogP contribution is -2.52. The van der Waals surface area contributed by atoms with Crippen LogP contribution in [0, 0.1) is 5.82 Å². The Bertz CT molecular complexity index is 1400. The van der Waals surface area contributed by atoms with Gasteiger partial charge in [-0.25, -0.2) is 12.8 Å². The van der Waals surface area contributed by atoms with E-state index in [9.17, 15) is 17.6 Å². The molecule has 8 nitrogen and oxygen atoms in total. The van der Waals surface area contributed by atoms with Crippen LogP contribution in [0.2, 0.25) is 5.02 Å². The molecule has 0 radical (unpaired) electrons. The molecule has 0 N–H and O–H groups in total. The standard InChI is InChI=1S/C26H25ClFN3O5S/c27-19-2-1-3-22(16-19)29-10-12-30(13-11-29)26(32)18-31(21-6-4-20(28)5-7-21)37(33,34)23-8-9-24-25(17-23)36-15-14-35-24/h1-9,16-17H,10-15,18H2. The normalized spacial score (nSPS) is 15.4. The lowest BCUT2D eigenvalue weighted by Gasteiger charge is -2.37. The maximum atomic E-state index is 13.7. The summed E-state index contributed by atoms with van der Waals surface area (Å²) in [5.74, 6) is -0.0953. The molecule has 1 saturated heterocycles. The molecule has 37 heavy (non-hydrogen) atoms. The maximum absolute atomic E-state index is 13.7. The topological polar surface area (TPSA) is 79.4 Å². The Morgan fingerprint density at radius 3 is 2.32 bits per heavy atom. The minimum atomic E-state index is -4.19. The largest absolute Gasteiger partial charge is 0.486 e. The van der Waals surface area contributed by atoms with Crippen molar-refractivity contribution in [1.29, 1.82) is 0 Å². The molecule has 3 aromatic carbocycles. The first-order chi connectivity index (χ1) is 17.8. The number of fused-ring (bicyclic) bond motifs is 1. The Hall–Kier alpha value is -3.50. The Kier molecular flexibility index (Phi) is 7.12. The fourth-order valence-electron chi connectivity index (χ4n) is 4.34. The molecular formula is C26H25ClFN3O5S. The highest BCUT2D eigenvalue weighted by Crippen LogP contribution is 2.34. The average molecular weight is 546 g/mol. The second-order valence-corrected chi connectivity index (χ2v) is 10.9. The first kappa shape index (κ1) is 25.2. The van der Waals surface area contributed by atoms with E-state index >= 15 is 0 Å². The van der Waals surface area contributed by atoms with Crippen LogP contribution >= 0.6 is 11.6 Å². The number of benzene rings is 3. The van der Waals surface area contributed by atoms with Gasteiger partial charge in [-0.15, -0.1) is 0 Å². The van der Waals surface area contributed by atoms with Gasteiger partial charge in [0.25, 0.3) is 10.0 Å². The number of carbonyl (C=O) groups excluding carboxylic acids is 1. The number of piperazine rings is 1. The highest BCUT2D eigenvalue weighted by atomic mass is 35.5. The van der Waals surface area contributed by atoms with E-state index < -0.39 is 22.4 Å². The number of rotatable bonds is 6. The Morgan fingerprint density at radius 1 is 0.919 bits per heavy atom. The summed E-state index contributed by atoms with van der Waals surface area (Å²) in [6.45, 7) is 2.26. The summed E-state index contributed by atoms with van der Waals surface area (Å²) in [7, 11) is -4.19. The summed E-state index contributed by atoms with van der Waals surface area (Å²) < 4.78 is 53.1. The Balaban J connectivity index is 1.37. The van der Waals surface area contributed by atoms with Crippen LogP contribution in [-0.4, -0.2) is 65.2 Å². The van der Waals surface area contributed by atoms with Crippen LogP contribution in [0.5, 0.6) is 11.5 Å². The maximum Gasteiger partial charge on any atom is 0.264 e. The van der Waals surface area contributed by atoms with Crippen LogP contribution in [0.25, 0.3) is 0 Å². The van der Waals surface area contributed by atoms with Crippen molar-refractivity contribution in [2.24, 2.45) is 0 Å². The molecule has 0 spiro atoms. The predicted octanol–water partition coefficient (Wildman–Crippen LogP) is 3.79. The van der Waals surface area contributed by atoms with Crippen molar-refractivity contribution in [3.05, 3.63) is 77.6 Å². The third-order valence-electron chi connectivity index (χ3n) is 6.30. The van der Waals surface area contributed by atoms with Crippen molar-refractivity contribution in [2.75, 3.05) is 55.1 Å². The molecule has 1 fully saturated rings. The third kappa shape index (κ3) is 5.45. The molecule has 0 atom stereocenters. The lowest BCUT2D eigenvalue weighted by atomic mass is 10.2. The molecule has 2 aliphatic rings. The molecule has 5 rings (SSSR count). The van der Waals surface area contributed by atoms with Gasteiger partial charge in [0.1, 0.15) is 25.6 Å². The van der Waals surface area contributed by atoms with Crippen LogP contribution in [-0.2, 0) is 14.8 Å². The monoisotopic (exact) mass is 545 g/mol. The summed E-state index contributed by atoms with van der Waals surface area (Å²) in [5.41, 5.74) is 1.15. The Labute approximate surface area is 219 Å². The number of ether oxygens (including phenoxy) is 2. The van der Waals surface area contributed by atoms with E-state index in [-0.39, 0.29) is 16.5 Å². The molecule has 2 aliphatic heterocycles. The van der Waals surface area contributed by atoms with Gasteiger partial charge in [-0.3, -0.25) is 9.10 Å². The van der Waals surface area contributed by atoms with E-state index in [2.05, 4.69) is 4.90 Å². The zero-order chi connectivity index (χ0) is 26.0. The first-order valence-corrected chi connectivity index (χ1v) is 13.6. The van der Waals surface area contributed by atoms with E-state index in [1.807, 2.05) is 18.2 Å². The molecule has 2 heterocycles. The highest BCUT2D eigenvalue weighted by Gasteiger charge is 2.31. The van der Waals surface area contributed by atoms with Crippen LogP contribution in [0.3, 0.4) is 0 Å². The van der Waals surface area contributed by atoms with Crippen LogP contribution in [0.15, 0.2) is 71.6 Å². The Morgan fingerprint density at radius 2 is 1.62 bits per heavy atom. The molecule has 0 aromatic heterocycles. The molecule has 3 aromatic rings. The first-order valence-electron chi connectivity index (χ1n) is 11.8. The van der Waals surface area contributed by atoms with Crippen LogP contribution < -0.4 is 18.7 Å². The summed E-state index contributed by atoms with van der Waals surface area (Å²) in [6.07, 6.45) is 0. The third-order valence-corrected chi connectivity index (χ3v) is 8.31. The van der Waals surface area contributed by atoms with Gasteiger partial charge < -0.3 is 19.3 Å². The number of carbonyl (C=O) groups is 1. The zero-order valence-corrected chi connectivity index (χ0v) is 21.4. The van der Waals surface area contributed by atoms with Crippen molar-refractivity contribution < 1.29 is 27.1 Å². The predicted molar refractivity (Wildman–Crippen MR) is 139 cm³/mol. The van der Waals surface area contributed by atoms with Gasteiger partial charge in [0, 0.05) is 43.0 Å². The molecule has 0 bridgehead atoms.